The van der Waals surface area contributed by atoms with Crippen LogP contribution >= 0.6 is 11.6 Å². The van der Waals surface area contributed by atoms with Gasteiger partial charge in [-0.2, -0.15) is 0 Å². The molecular formula is C18H20ClFN3O2+. The molecule has 25 heavy (non-hydrogen) atoms. The fourth-order valence-corrected chi connectivity index (χ4v) is 2.55. The van der Waals surface area contributed by atoms with Gasteiger partial charge < -0.3 is 15.5 Å². The van der Waals surface area contributed by atoms with Crippen LogP contribution in [-0.4, -0.2) is 32.0 Å². The Labute approximate surface area is 150 Å². The Balaban J connectivity index is 1.82. The van der Waals surface area contributed by atoms with Gasteiger partial charge in [0.05, 0.1) is 17.8 Å². The van der Waals surface area contributed by atoms with Crippen LogP contribution in [0, 0.1) is 12.7 Å². The molecule has 0 fully saturated rings. The summed E-state index contributed by atoms with van der Waals surface area (Å²) >= 11 is 6.08. The SMILES string of the molecule is Cc1ccc(NC(=O)C[NH+](C)CC(=O)Nc2ccc(F)cc2)c(Cl)c1. The number of halogens is 2. The van der Waals surface area contributed by atoms with Crippen molar-refractivity contribution in [3.05, 3.63) is 58.9 Å². The number of hydrogen-bond donors (Lipinski definition) is 3. The summed E-state index contributed by atoms with van der Waals surface area (Å²) in [5.74, 6) is -0.865. The molecule has 1 unspecified atom stereocenters. The average molecular weight is 365 g/mol. The van der Waals surface area contributed by atoms with Gasteiger partial charge in [0.2, 0.25) is 0 Å². The number of benzene rings is 2. The lowest BCUT2D eigenvalue weighted by Crippen LogP contribution is -3.11. The van der Waals surface area contributed by atoms with E-state index < -0.39 is 0 Å². The number of amides is 2. The van der Waals surface area contributed by atoms with Gasteiger partial charge in [-0.1, -0.05) is 17.7 Å². The zero-order valence-corrected chi connectivity index (χ0v) is 14.8. The lowest BCUT2D eigenvalue weighted by molar-refractivity contribution is -0.862. The Morgan fingerprint density at radius 1 is 1.04 bits per heavy atom. The Morgan fingerprint density at radius 2 is 1.64 bits per heavy atom. The van der Waals surface area contributed by atoms with E-state index in [2.05, 4.69) is 10.6 Å². The summed E-state index contributed by atoms with van der Waals surface area (Å²) in [5, 5.41) is 5.86. The zero-order chi connectivity index (χ0) is 18.4. The van der Waals surface area contributed by atoms with Gasteiger partial charge in [0.25, 0.3) is 11.8 Å². The standard InChI is InChI=1S/C18H19ClFN3O2/c1-12-3-8-16(15(19)9-12)22-18(25)11-23(2)10-17(24)21-14-6-4-13(20)5-7-14/h3-9H,10-11H2,1-2H3,(H,21,24)(H,22,25)/p+1. The van der Waals surface area contributed by atoms with Crippen molar-refractivity contribution in [1.29, 1.82) is 0 Å². The van der Waals surface area contributed by atoms with E-state index in [9.17, 15) is 14.0 Å². The minimum atomic E-state index is -0.368. The Hall–Kier alpha value is -2.44. The van der Waals surface area contributed by atoms with Crippen molar-refractivity contribution in [1.82, 2.24) is 0 Å². The predicted molar refractivity (Wildman–Crippen MR) is 96.5 cm³/mol. The Bertz CT molecular complexity index is 765. The van der Waals surface area contributed by atoms with Crippen molar-refractivity contribution in [3.8, 4) is 0 Å². The second kappa shape index (κ2) is 8.60. The molecule has 2 amide bonds. The molecule has 7 heteroatoms. The highest BCUT2D eigenvalue weighted by Crippen LogP contribution is 2.22. The molecule has 0 aromatic heterocycles. The van der Waals surface area contributed by atoms with Gasteiger partial charge in [0.1, 0.15) is 5.82 Å². The largest absolute Gasteiger partial charge is 0.322 e. The van der Waals surface area contributed by atoms with Crippen molar-refractivity contribution in [2.24, 2.45) is 0 Å². The number of aryl methyl sites for hydroxylation is 1. The van der Waals surface area contributed by atoms with E-state index in [1.807, 2.05) is 13.0 Å². The summed E-state index contributed by atoms with van der Waals surface area (Å²) in [4.78, 5) is 24.7. The summed E-state index contributed by atoms with van der Waals surface area (Å²) in [6, 6.07) is 10.9. The number of carbonyl (C=O) groups excluding carboxylic acids is 2. The first-order valence-electron chi connectivity index (χ1n) is 7.76. The molecule has 0 bridgehead atoms. The predicted octanol–water partition coefficient (Wildman–Crippen LogP) is 1.88. The molecular weight excluding hydrogens is 345 g/mol. The average Bonchev–Trinajstić information content (AvgIpc) is 2.52. The van der Waals surface area contributed by atoms with Gasteiger partial charge in [-0.05, 0) is 48.9 Å². The maximum absolute atomic E-state index is 12.8. The summed E-state index contributed by atoms with van der Waals surface area (Å²) in [6.07, 6.45) is 0. The molecule has 0 saturated carbocycles. The molecule has 0 spiro atoms. The molecule has 0 aliphatic heterocycles. The first kappa shape index (κ1) is 18.9. The molecule has 0 aliphatic carbocycles. The molecule has 0 heterocycles. The molecule has 0 aliphatic rings. The van der Waals surface area contributed by atoms with Crippen LogP contribution in [0.2, 0.25) is 5.02 Å². The highest BCUT2D eigenvalue weighted by molar-refractivity contribution is 6.33. The first-order valence-corrected chi connectivity index (χ1v) is 8.14. The highest BCUT2D eigenvalue weighted by atomic mass is 35.5. The van der Waals surface area contributed by atoms with Crippen molar-refractivity contribution in [2.45, 2.75) is 6.92 Å². The number of hydrogen-bond acceptors (Lipinski definition) is 2. The molecule has 2 aromatic rings. The lowest BCUT2D eigenvalue weighted by atomic mass is 10.2. The van der Waals surface area contributed by atoms with Crippen LogP contribution in [0.3, 0.4) is 0 Å². The van der Waals surface area contributed by atoms with Gasteiger partial charge in [-0.15, -0.1) is 0 Å². The van der Waals surface area contributed by atoms with Crippen LogP contribution in [-0.2, 0) is 9.59 Å². The van der Waals surface area contributed by atoms with E-state index in [0.29, 0.717) is 21.3 Å². The topological polar surface area (TPSA) is 62.6 Å². The van der Waals surface area contributed by atoms with E-state index in [-0.39, 0.29) is 30.7 Å². The number of anilines is 2. The summed E-state index contributed by atoms with van der Waals surface area (Å²) in [5.41, 5.74) is 2.05. The van der Waals surface area contributed by atoms with Crippen LogP contribution in [0.5, 0.6) is 0 Å². The summed E-state index contributed by atoms with van der Waals surface area (Å²) in [7, 11) is 1.74. The van der Waals surface area contributed by atoms with E-state index in [1.54, 1.807) is 19.2 Å². The fraction of sp³-hybridized carbons (Fsp3) is 0.222. The van der Waals surface area contributed by atoms with E-state index in [4.69, 9.17) is 11.6 Å². The smallest absolute Gasteiger partial charge is 0.279 e. The molecule has 2 rings (SSSR count). The molecule has 0 radical (unpaired) electrons. The minimum absolute atomic E-state index is 0.104. The van der Waals surface area contributed by atoms with Crippen LogP contribution < -0.4 is 15.5 Å². The first-order chi connectivity index (χ1) is 11.8. The Morgan fingerprint density at radius 3 is 2.24 bits per heavy atom. The maximum atomic E-state index is 12.8. The quantitative estimate of drug-likeness (QED) is 0.733. The third-order valence-corrected chi connectivity index (χ3v) is 3.76. The Kier molecular flexibility index (Phi) is 6.50. The number of carbonyl (C=O) groups is 2. The highest BCUT2D eigenvalue weighted by Gasteiger charge is 2.15. The lowest BCUT2D eigenvalue weighted by Gasteiger charge is -2.14. The van der Waals surface area contributed by atoms with Crippen LogP contribution in [0.4, 0.5) is 15.8 Å². The number of quaternary nitrogens is 1. The fourth-order valence-electron chi connectivity index (χ4n) is 2.26. The third-order valence-electron chi connectivity index (χ3n) is 3.45. The summed E-state index contributed by atoms with van der Waals surface area (Å²) < 4.78 is 12.8. The van der Waals surface area contributed by atoms with Crippen LogP contribution in [0.15, 0.2) is 42.5 Å². The second-order valence-electron chi connectivity index (χ2n) is 5.90. The maximum Gasteiger partial charge on any atom is 0.279 e. The van der Waals surface area contributed by atoms with E-state index in [1.165, 1.54) is 24.3 Å². The van der Waals surface area contributed by atoms with E-state index >= 15 is 0 Å². The monoisotopic (exact) mass is 364 g/mol. The number of nitrogens with one attached hydrogen (secondary N) is 3. The number of rotatable bonds is 6. The van der Waals surface area contributed by atoms with Gasteiger partial charge in [-0.25, -0.2) is 4.39 Å². The zero-order valence-electron chi connectivity index (χ0n) is 14.0. The van der Waals surface area contributed by atoms with Crippen molar-refractivity contribution in [2.75, 3.05) is 30.8 Å². The number of likely N-dealkylation sites (N-methyl/N-ethyl adjacent to an activating group) is 1. The molecule has 5 nitrogen and oxygen atoms in total. The molecule has 132 valence electrons. The van der Waals surface area contributed by atoms with Crippen LogP contribution in [0.1, 0.15) is 5.56 Å². The van der Waals surface area contributed by atoms with Gasteiger partial charge in [0.15, 0.2) is 13.1 Å². The van der Waals surface area contributed by atoms with Gasteiger partial charge in [0, 0.05) is 5.69 Å². The van der Waals surface area contributed by atoms with Gasteiger partial charge >= 0.3 is 0 Å². The molecule has 3 N–H and O–H groups in total. The molecule has 1 atom stereocenters. The normalized spacial score (nSPS) is 11.7. The molecule has 0 saturated heterocycles. The van der Waals surface area contributed by atoms with Crippen LogP contribution in [0.25, 0.3) is 0 Å². The second-order valence-corrected chi connectivity index (χ2v) is 6.30. The summed E-state index contributed by atoms with van der Waals surface area (Å²) in [6.45, 7) is 2.13. The van der Waals surface area contributed by atoms with E-state index in [0.717, 1.165) is 5.56 Å². The minimum Gasteiger partial charge on any atom is -0.322 e. The third kappa shape index (κ3) is 6.17. The van der Waals surface area contributed by atoms with Crippen molar-refractivity contribution < 1.29 is 18.9 Å². The van der Waals surface area contributed by atoms with Crippen molar-refractivity contribution in [3.63, 3.8) is 0 Å². The molecule has 2 aromatic carbocycles. The van der Waals surface area contributed by atoms with Gasteiger partial charge in [-0.3, -0.25) is 9.59 Å². The van der Waals surface area contributed by atoms with Crippen molar-refractivity contribution >= 4 is 34.8 Å².